The first-order valence-electron chi connectivity index (χ1n) is 6.83. The molecule has 0 aliphatic carbocycles. The highest BCUT2D eigenvalue weighted by molar-refractivity contribution is 5.76. The number of hydrogen-bond acceptors (Lipinski definition) is 3. The number of nitrogens with zero attached hydrogens (tertiary/aromatic N) is 2. The maximum atomic E-state index is 12.3. The summed E-state index contributed by atoms with van der Waals surface area (Å²) in [5.41, 5.74) is 0. The van der Waals surface area contributed by atoms with Crippen LogP contribution in [0.15, 0.2) is 0 Å². The number of carbonyl (C=O) groups excluding carboxylic acids is 1. The van der Waals surface area contributed by atoms with Gasteiger partial charge in [0.1, 0.15) is 0 Å². The monoisotopic (exact) mass is 272 g/mol. The molecular formula is C13H24N2O4. The Balaban J connectivity index is 2.58. The standard InChI is InChI=1S/C13H24N2O4/c1-10(16)6-8-14(2)13(19)15-7-4-3-5-11(15)9-12(17)18/h10-11,16H,3-9H2,1-2H3,(H,17,18). The van der Waals surface area contributed by atoms with Crippen LogP contribution >= 0.6 is 0 Å². The summed E-state index contributed by atoms with van der Waals surface area (Å²) in [5.74, 6) is -0.865. The van der Waals surface area contributed by atoms with Crippen LogP contribution < -0.4 is 0 Å². The molecule has 2 amide bonds. The summed E-state index contributed by atoms with van der Waals surface area (Å²) in [5, 5.41) is 18.1. The highest BCUT2D eigenvalue weighted by Gasteiger charge is 2.30. The minimum atomic E-state index is -0.865. The van der Waals surface area contributed by atoms with Gasteiger partial charge in [-0.1, -0.05) is 0 Å². The number of aliphatic hydroxyl groups is 1. The molecule has 0 saturated carbocycles. The van der Waals surface area contributed by atoms with E-state index in [1.807, 2.05) is 0 Å². The molecule has 0 aromatic heterocycles. The number of urea groups is 1. The van der Waals surface area contributed by atoms with Gasteiger partial charge in [0.25, 0.3) is 0 Å². The maximum Gasteiger partial charge on any atom is 0.320 e. The van der Waals surface area contributed by atoms with Gasteiger partial charge in [-0.2, -0.15) is 0 Å². The molecule has 1 aliphatic heterocycles. The Bertz CT molecular complexity index is 320. The van der Waals surface area contributed by atoms with Gasteiger partial charge in [0.15, 0.2) is 0 Å². The number of aliphatic carboxylic acids is 1. The van der Waals surface area contributed by atoms with Crippen molar-refractivity contribution in [3.8, 4) is 0 Å². The summed E-state index contributed by atoms with van der Waals surface area (Å²) in [6, 6.07) is -0.334. The number of carboxylic acids is 1. The fraction of sp³-hybridized carbons (Fsp3) is 0.846. The number of rotatable bonds is 5. The molecule has 0 bridgehead atoms. The molecule has 2 atom stereocenters. The van der Waals surface area contributed by atoms with Crippen molar-refractivity contribution in [3.05, 3.63) is 0 Å². The summed E-state index contributed by atoms with van der Waals surface area (Å²) in [6.45, 7) is 2.79. The second-order valence-electron chi connectivity index (χ2n) is 5.28. The normalized spacial score (nSPS) is 21.0. The summed E-state index contributed by atoms with van der Waals surface area (Å²) < 4.78 is 0. The van der Waals surface area contributed by atoms with E-state index in [0.29, 0.717) is 19.5 Å². The lowest BCUT2D eigenvalue weighted by Gasteiger charge is -2.37. The average Bonchev–Trinajstić information content (AvgIpc) is 2.35. The lowest BCUT2D eigenvalue weighted by molar-refractivity contribution is -0.138. The van der Waals surface area contributed by atoms with E-state index < -0.39 is 12.1 Å². The lowest BCUT2D eigenvalue weighted by atomic mass is 10.00. The molecule has 6 heteroatoms. The zero-order chi connectivity index (χ0) is 14.4. The van der Waals surface area contributed by atoms with Crippen LogP contribution in [-0.2, 0) is 4.79 Å². The molecule has 0 spiro atoms. The number of amides is 2. The number of piperidine rings is 1. The molecule has 0 radical (unpaired) electrons. The van der Waals surface area contributed by atoms with E-state index in [0.717, 1.165) is 19.3 Å². The van der Waals surface area contributed by atoms with Crippen molar-refractivity contribution >= 4 is 12.0 Å². The fourth-order valence-electron chi connectivity index (χ4n) is 2.36. The Hall–Kier alpha value is -1.30. The molecular weight excluding hydrogens is 248 g/mol. The predicted octanol–water partition coefficient (Wildman–Crippen LogP) is 1.14. The van der Waals surface area contributed by atoms with Crippen LogP contribution in [-0.4, -0.2) is 64.3 Å². The second kappa shape index (κ2) is 7.33. The summed E-state index contributed by atoms with van der Waals surface area (Å²) in [4.78, 5) is 26.3. The van der Waals surface area contributed by atoms with Gasteiger partial charge in [-0.05, 0) is 32.6 Å². The first-order chi connectivity index (χ1) is 8.91. The van der Waals surface area contributed by atoms with Crippen LogP contribution in [0.1, 0.15) is 39.0 Å². The number of likely N-dealkylation sites (tertiary alicyclic amines) is 1. The van der Waals surface area contributed by atoms with Crippen LogP contribution in [0.4, 0.5) is 4.79 Å². The van der Waals surface area contributed by atoms with Crippen molar-refractivity contribution in [1.82, 2.24) is 9.80 Å². The smallest absolute Gasteiger partial charge is 0.320 e. The van der Waals surface area contributed by atoms with Gasteiger partial charge in [0.2, 0.25) is 0 Å². The Morgan fingerprint density at radius 1 is 1.42 bits per heavy atom. The van der Waals surface area contributed by atoms with Gasteiger partial charge in [-0.3, -0.25) is 4.79 Å². The molecule has 2 unspecified atom stereocenters. The summed E-state index contributed by atoms with van der Waals surface area (Å²) >= 11 is 0. The number of carbonyl (C=O) groups is 2. The van der Waals surface area contributed by atoms with Crippen molar-refractivity contribution < 1.29 is 19.8 Å². The molecule has 0 aromatic rings. The number of carboxylic acid groups (broad SMARTS) is 1. The molecule has 1 saturated heterocycles. The molecule has 1 fully saturated rings. The fourth-order valence-corrected chi connectivity index (χ4v) is 2.36. The number of aliphatic hydroxyl groups excluding tert-OH is 1. The maximum absolute atomic E-state index is 12.3. The van der Waals surface area contributed by atoms with Gasteiger partial charge in [0.05, 0.1) is 12.5 Å². The summed E-state index contributed by atoms with van der Waals surface area (Å²) in [6.07, 6.45) is 2.75. The van der Waals surface area contributed by atoms with Gasteiger partial charge in [0, 0.05) is 26.2 Å². The average molecular weight is 272 g/mol. The first-order valence-corrected chi connectivity index (χ1v) is 6.83. The largest absolute Gasteiger partial charge is 0.481 e. The van der Waals surface area contributed by atoms with Crippen molar-refractivity contribution in [2.75, 3.05) is 20.1 Å². The molecule has 1 heterocycles. The minimum absolute atomic E-state index is 0.00990. The van der Waals surface area contributed by atoms with Crippen LogP contribution in [0.5, 0.6) is 0 Å². The van der Waals surface area contributed by atoms with E-state index >= 15 is 0 Å². The van der Waals surface area contributed by atoms with Crippen molar-refractivity contribution in [2.45, 2.75) is 51.2 Å². The Kier molecular flexibility index (Phi) is 6.08. The second-order valence-corrected chi connectivity index (χ2v) is 5.28. The van der Waals surface area contributed by atoms with E-state index in [9.17, 15) is 14.7 Å². The molecule has 0 aromatic carbocycles. The van der Waals surface area contributed by atoms with Crippen molar-refractivity contribution in [3.63, 3.8) is 0 Å². The molecule has 19 heavy (non-hydrogen) atoms. The van der Waals surface area contributed by atoms with E-state index in [2.05, 4.69) is 0 Å². The zero-order valence-electron chi connectivity index (χ0n) is 11.7. The zero-order valence-corrected chi connectivity index (χ0v) is 11.7. The highest BCUT2D eigenvalue weighted by atomic mass is 16.4. The number of hydrogen-bond donors (Lipinski definition) is 2. The lowest BCUT2D eigenvalue weighted by Crippen LogP contribution is -2.50. The third kappa shape index (κ3) is 5.06. The predicted molar refractivity (Wildman–Crippen MR) is 70.9 cm³/mol. The van der Waals surface area contributed by atoms with E-state index in [4.69, 9.17) is 5.11 Å². The molecule has 110 valence electrons. The topological polar surface area (TPSA) is 81.1 Å². The van der Waals surface area contributed by atoms with Crippen LogP contribution in [0, 0.1) is 0 Å². The Morgan fingerprint density at radius 3 is 2.68 bits per heavy atom. The van der Waals surface area contributed by atoms with Crippen LogP contribution in [0.2, 0.25) is 0 Å². The Labute approximate surface area is 114 Å². The quantitative estimate of drug-likeness (QED) is 0.786. The van der Waals surface area contributed by atoms with E-state index in [1.54, 1.807) is 23.8 Å². The molecule has 6 nitrogen and oxygen atoms in total. The van der Waals surface area contributed by atoms with Crippen molar-refractivity contribution in [1.29, 1.82) is 0 Å². The van der Waals surface area contributed by atoms with Crippen LogP contribution in [0.3, 0.4) is 0 Å². The van der Waals surface area contributed by atoms with Gasteiger partial charge in [-0.15, -0.1) is 0 Å². The minimum Gasteiger partial charge on any atom is -0.481 e. The van der Waals surface area contributed by atoms with E-state index in [-0.39, 0.29) is 18.5 Å². The molecule has 1 rings (SSSR count). The van der Waals surface area contributed by atoms with Crippen molar-refractivity contribution in [2.24, 2.45) is 0 Å². The van der Waals surface area contributed by atoms with Gasteiger partial charge >= 0.3 is 12.0 Å². The summed E-state index contributed by atoms with van der Waals surface area (Å²) in [7, 11) is 1.69. The van der Waals surface area contributed by atoms with E-state index in [1.165, 1.54) is 0 Å². The van der Waals surface area contributed by atoms with Gasteiger partial charge < -0.3 is 20.0 Å². The molecule has 1 aliphatic rings. The SMILES string of the molecule is CC(O)CCN(C)C(=O)N1CCCCC1CC(=O)O. The third-order valence-corrected chi connectivity index (χ3v) is 3.49. The molecule has 2 N–H and O–H groups in total. The van der Waals surface area contributed by atoms with Crippen LogP contribution in [0.25, 0.3) is 0 Å². The first kappa shape index (κ1) is 15.8. The van der Waals surface area contributed by atoms with Gasteiger partial charge in [-0.25, -0.2) is 4.79 Å². The highest BCUT2D eigenvalue weighted by Crippen LogP contribution is 2.21. The third-order valence-electron chi connectivity index (χ3n) is 3.49. The Morgan fingerprint density at radius 2 is 2.11 bits per heavy atom.